The Morgan fingerprint density at radius 3 is 1.29 bits per heavy atom. The quantitative estimate of drug-likeness (QED) is 0.0266. The normalized spacial score (nSPS) is 13.8. The fourth-order valence-electron chi connectivity index (χ4n) is 6.23. The summed E-state index contributed by atoms with van der Waals surface area (Å²) in [4.78, 5) is 24.8. The van der Waals surface area contributed by atoms with E-state index in [0.717, 1.165) is 32.1 Å². The van der Waals surface area contributed by atoms with Crippen LogP contribution in [0.3, 0.4) is 0 Å². The van der Waals surface area contributed by atoms with Gasteiger partial charge >= 0.3 is 5.97 Å². The fourth-order valence-corrected chi connectivity index (χ4v) is 6.96. The lowest BCUT2D eigenvalue weighted by Crippen LogP contribution is -2.37. The van der Waals surface area contributed by atoms with Gasteiger partial charge in [-0.05, 0) is 12.8 Å². The summed E-state index contributed by atoms with van der Waals surface area (Å²) < 4.78 is 34.6. The average Bonchev–Trinajstić information content (AvgIpc) is 3.08. The Bertz CT molecular complexity index is 792. The van der Waals surface area contributed by atoms with Gasteiger partial charge in [-0.25, -0.2) is 0 Å². The van der Waals surface area contributed by atoms with Gasteiger partial charge in [0.05, 0.1) is 27.7 Å². The van der Waals surface area contributed by atoms with Crippen molar-refractivity contribution in [1.29, 1.82) is 0 Å². The number of ether oxygens (including phenoxy) is 2. The molecule has 0 bridgehead atoms. The zero-order chi connectivity index (χ0) is 37.7. The molecule has 0 amide bonds. The van der Waals surface area contributed by atoms with Crippen molar-refractivity contribution in [1.82, 2.24) is 0 Å². The summed E-state index contributed by atoms with van der Waals surface area (Å²) in [7, 11) is 1.42. The van der Waals surface area contributed by atoms with Gasteiger partial charge in [-0.3, -0.25) is 9.36 Å². The van der Waals surface area contributed by atoms with E-state index in [4.69, 9.17) is 18.5 Å². The van der Waals surface area contributed by atoms with Crippen LogP contribution in [0.25, 0.3) is 0 Å². The highest BCUT2D eigenvalue weighted by molar-refractivity contribution is 7.45. The topological polar surface area (TPSA) is 94.1 Å². The number of carbonyl (C=O) groups is 1. The molecule has 0 spiro atoms. The second-order valence-corrected chi connectivity index (χ2v) is 17.5. The fraction of sp³-hybridized carbons (Fsp3) is 0.976. The van der Waals surface area contributed by atoms with Gasteiger partial charge in [0, 0.05) is 13.0 Å². The van der Waals surface area contributed by atoms with Gasteiger partial charge in [-0.1, -0.05) is 187 Å². The van der Waals surface area contributed by atoms with E-state index in [1.165, 1.54) is 154 Å². The van der Waals surface area contributed by atoms with E-state index in [1.807, 2.05) is 21.1 Å². The number of rotatable bonds is 41. The molecule has 0 aromatic heterocycles. The molecule has 0 aliphatic carbocycles. The van der Waals surface area contributed by atoms with E-state index >= 15 is 0 Å². The van der Waals surface area contributed by atoms with E-state index in [1.54, 1.807) is 0 Å². The number of nitrogens with zero attached hydrogens (tertiary/aromatic N) is 1. The number of phosphoric acid groups is 1. The third-order valence-corrected chi connectivity index (χ3v) is 10.7. The molecule has 2 atom stereocenters. The number of carbonyl (C=O) groups excluding carboxylic acids is 1. The second-order valence-electron chi connectivity index (χ2n) is 16.1. The van der Waals surface area contributed by atoms with Crippen LogP contribution in [0, 0.1) is 0 Å². The Balaban J connectivity index is 4.18. The number of hydrogen-bond acceptors (Lipinski definition) is 7. The maximum absolute atomic E-state index is 12.5. The highest BCUT2D eigenvalue weighted by atomic mass is 31.2. The monoisotopic (exact) mass is 748 g/mol. The van der Waals surface area contributed by atoms with E-state index in [2.05, 4.69) is 13.8 Å². The molecule has 0 heterocycles. The maximum Gasteiger partial charge on any atom is 0.305 e. The molecular formula is C42H86NO7P. The van der Waals surface area contributed by atoms with Gasteiger partial charge in [-0.15, -0.1) is 0 Å². The zero-order valence-corrected chi connectivity index (χ0v) is 35.5. The number of hydrogen-bond donors (Lipinski definition) is 0. The Morgan fingerprint density at radius 1 is 0.529 bits per heavy atom. The standard InChI is InChI=1S/C42H86NO7P/c1-6-8-10-12-14-16-18-20-22-23-25-27-29-31-33-35-42(44)48-39-41(40-50-51(45,46)49-38-36-43(3,4)5)47-37-34-32-30-28-26-24-21-19-17-15-13-11-9-7-2/h41H,6-40H2,1-5H3/t41-/m1/s1. The maximum atomic E-state index is 12.5. The van der Waals surface area contributed by atoms with E-state index < -0.39 is 13.9 Å². The summed E-state index contributed by atoms with van der Waals surface area (Å²) in [6.07, 6.45) is 36.9. The molecule has 0 aliphatic rings. The van der Waals surface area contributed by atoms with Crippen molar-refractivity contribution in [2.75, 3.05) is 54.1 Å². The highest BCUT2D eigenvalue weighted by Gasteiger charge is 2.19. The zero-order valence-electron chi connectivity index (χ0n) is 34.6. The first kappa shape index (κ1) is 50.5. The molecule has 0 aromatic rings. The van der Waals surface area contributed by atoms with Gasteiger partial charge in [0.15, 0.2) is 0 Å². The summed E-state index contributed by atoms with van der Waals surface area (Å²) in [6, 6.07) is 0. The van der Waals surface area contributed by atoms with Crippen molar-refractivity contribution >= 4 is 13.8 Å². The Hall–Kier alpha value is -0.500. The lowest BCUT2D eigenvalue weighted by Gasteiger charge is -2.28. The molecule has 0 rings (SSSR count). The number of unbranched alkanes of at least 4 members (excludes halogenated alkanes) is 27. The molecule has 0 aliphatic heterocycles. The van der Waals surface area contributed by atoms with E-state index in [9.17, 15) is 14.3 Å². The number of phosphoric ester groups is 1. The first-order valence-corrected chi connectivity index (χ1v) is 23.2. The van der Waals surface area contributed by atoms with Crippen LogP contribution in [-0.4, -0.2) is 70.7 Å². The molecule has 0 N–H and O–H groups in total. The average molecular weight is 748 g/mol. The Morgan fingerprint density at radius 2 is 0.902 bits per heavy atom. The minimum absolute atomic E-state index is 0.0188. The molecule has 0 saturated carbocycles. The molecule has 0 aromatic carbocycles. The van der Waals surface area contributed by atoms with Crippen LogP contribution in [0.15, 0.2) is 0 Å². The third-order valence-electron chi connectivity index (χ3n) is 9.70. The van der Waals surface area contributed by atoms with Crippen molar-refractivity contribution in [3.63, 3.8) is 0 Å². The number of esters is 1. The summed E-state index contributed by atoms with van der Waals surface area (Å²) >= 11 is 0. The molecule has 9 heteroatoms. The number of quaternary nitrogens is 1. The van der Waals surface area contributed by atoms with Crippen LogP contribution in [0.4, 0.5) is 0 Å². The lowest BCUT2D eigenvalue weighted by molar-refractivity contribution is -0.870. The largest absolute Gasteiger partial charge is 0.756 e. The van der Waals surface area contributed by atoms with Crippen LogP contribution in [0.1, 0.15) is 206 Å². The van der Waals surface area contributed by atoms with Crippen molar-refractivity contribution < 1.29 is 37.3 Å². The van der Waals surface area contributed by atoms with Crippen molar-refractivity contribution in [2.24, 2.45) is 0 Å². The van der Waals surface area contributed by atoms with Crippen LogP contribution < -0.4 is 4.89 Å². The van der Waals surface area contributed by atoms with E-state index in [0.29, 0.717) is 24.1 Å². The minimum atomic E-state index is -4.48. The minimum Gasteiger partial charge on any atom is -0.756 e. The smallest absolute Gasteiger partial charge is 0.305 e. The first-order chi connectivity index (χ1) is 24.6. The first-order valence-electron chi connectivity index (χ1n) is 21.8. The molecule has 8 nitrogen and oxygen atoms in total. The molecule has 1 unspecified atom stereocenters. The second kappa shape index (κ2) is 36.5. The SMILES string of the molecule is CCCCCCCCCCCCCCCCCC(=O)OC[C@H](COP(=O)([O-])OCC[N+](C)(C)C)OCCCCCCCCCCCCCCCC. The van der Waals surface area contributed by atoms with Crippen LogP contribution in [0.2, 0.25) is 0 Å². The van der Waals surface area contributed by atoms with Gasteiger partial charge < -0.3 is 27.9 Å². The van der Waals surface area contributed by atoms with Crippen molar-refractivity contribution in [3.05, 3.63) is 0 Å². The van der Waals surface area contributed by atoms with Crippen molar-refractivity contribution in [2.45, 2.75) is 213 Å². The molecule has 0 radical (unpaired) electrons. The van der Waals surface area contributed by atoms with Gasteiger partial charge in [0.2, 0.25) is 0 Å². The molecule has 51 heavy (non-hydrogen) atoms. The van der Waals surface area contributed by atoms with E-state index in [-0.39, 0.29) is 25.8 Å². The third kappa shape index (κ3) is 40.5. The molecule has 0 saturated heterocycles. The summed E-state index contributed by atoms with van der Waals surface area (Å²) in [6.45, 7) is 5.35. The highest BCUT2D eigenvalue weighted by Crippen LogP contribution is 2.38. The summed E-state index contributed by atoms with van der Waals surface area (Å²) in [5.41, 5.74) is 0. The number of likely N-dealkylation sites (N-methyl/N-ethyl adjacent to an activating group) is 1. The van der Waals surface area contributed by atoms with Gasteiger partial charge in [0.1, 0.15) is 25.9 Å². The summed E-state index contributed by atoms with van der Waals surface area (Å²) in [5, 5.41) is 0. The Labute approximate surface area is 317 Å². The predicted molar refractivity (Wildman–Crippen MR) is 213 cm³/mol. The van der Waals surface area contributed by atoms with Gasteiger partial charge in [0.25, 0.3) is 7.82 Å². The van der Waals surface area contributed by atoms with Crippen LogP contribution >= 0.6 is 7.82 Å². The van der Waals surface area contributed by atoms with Crippen molar-refractivity contribution in [3.8, 4) is 0 Å². The van der Waals surface area contributed by atoms with Crippen LogP contribution in [-0.2, 0) is 27.9 Å². The molecular weight excluding hydrogens is 661 g/mol. The lowest BCUT2D eigenvalue weighted by atomic mass is 10.0. The Kier molecular flexibility index (Phi) is 36.1. The molecule has 306 valence electrons. The predicted octanol–water partition coefficient (Wildman–Crippen LogP) is 11.9. The van der Waals surface area contributed by atoms with Gasteiger partial charge in [-0.2, -0.15) is 0 Å². The summed E-state index contributed by atoms with van der Waals surface area (Å²) in [5.74, 6) is -0.265. The molecule has 0 fully saturated rings. The van der Waals surface area contributed by atoms with Crippen LogP contribution in [0.5, 0.6) is 0 Å².